The lowest BCUT2D eigenvalue weighted by Crippen LogP contribution is -1.87. The minimum atomic E-state index is 1.62. The Kier molecular flexibility index (Phi) is 94.0. The van der Waals surface area contributed by atoms with Gasteiger partial charge in [0.05, 0.1) is 12.5 Å². The summed E-state index contributed by atoms with van der Waals surface area (Å²) in [6.07, 6.45) is 30.4. The molecule has 0 unspecified atom stereocenters. The molecule has 3 rings (SSSR count). The molecule has 3 aliphatic rings. The monoisotopic (exact) mass is 477 g/mol. The van der Waals surface area contributed by atoms with Crippen LogP contribution in [0.3, 0.4) is 0 Å². The number of allylic oxidation sites excluding steroid dienone is 12. The average molecular weight is 478 g/mol. The first-order valence-electron chi connectivity index (χ1n) is 12.5. The van der Waals surface area contributed by atoms with Gasteiger partial charge >= 0.3 is 0 Å². The number of rotatable bonds is 0. The van der Waals surface area contributed by atoms with E-state index in [2.05, 4.69) is 5.32 Å². The second-order valence-corrected chi connectivity index (χ2v) is 4.44. The molecule has 33 heavy (non-hydrogen) atoms. The van der Waals surface area contributed by atoms with Crippen LogP contribution in [0.15, 0.2) is 109 Å². The van der Waals surface area contributed by atoms with Gasteiger partial charge in [-0.25, -0.2) is 0 Å². The number of hydrogen-bond donors (Lipinski definition) is 1. The van der Waals surface area contributed by atoms with E-state index in [-0.39, 0.29) is 0 Å². The van der Waals surface area contributed by atoms with Gasteiger partial charge in [-0.1, -0.05) is 132 Å². The van der Waals surface area contributed by atoms with Crippen molar-refractivity contribution in [2.75, 3.05) is 0 Å². The highest BCUT2D eigenvalue weighted by atomic mass is 32.2. The fourth-order valence-electron chi connectivity index (χ4n) is 1.12. The van der Waals surface area contributed by atoms with Crippen molar-refractivity contribution in [2.45, 2.75) is 83.1 Å². The summed E-state index contributed by atoms with van der Waals surface area (Å²) in [5.74, 6) is 0. The Morgan fingerprint density at radius 1 is 0.394 bits per heavy atom. The van der Waals surface area contributed by atoms with Gasteiger partial charge in [0, 0.05) is 12.4 Å². The molecular formula is C30H55NOS. The standard InChI is InChI=1S/C6H7N.C6H6O.C6H6S.6C2H6/c3*1-2-4-6-7-5-3-1;6*1-2/h1-7H;2*1-6H;6*1-2H3. The largest absolute Gasteiger partial charge is 0.473 e. The van der Waals surface area contributed by atoms with E-state index in [1.165, 1.54) is 0 Å². The van der Waals surface area contributed by atoms with Crippen molar-refractivity contribution in [3.8, 4) is 0 Å². The summed E-state index contributed by atoms with van der Waals surface area (Å²) in [5.41, 5.74) is 0. The number of thioether (sulfide) groups is 1. The predicted octanol–water partition coefficient (Wildman–Crippen LogP) is 11.2. The van der Waals surface area contributed by atoms with Gasteiger partial charge in [-0.15, -0.1) is 11.8 Å². The highest BCUT2D eigenvalue weighted by molar-refractivity contribution is 8.04. The Morgan fingerprint density at radius 2 is 0.697 bits per heavy atom. The Labute approximate surface area is 213 Å². The molecular weight excluding hydrogens is 422 g/mol. The summed E-state index contributed by atoms with van der Waals surface area (Å²) in [7, 11) is 0. The molecule has 3 aliphatic heterocycles. The number of nitrogens with one attached hydrogen (secondary N) is 1. The Morgan fingerprint density at radius 3 is 1.06 bits per heavy atom. The summed E-state index contributed by atoms with van der Waals surface area (Å²) in [6, 6.07) is 0. The molecule has 0 amide bonds. The number of hydrogen-bond acceptors (Lipinski definition) is 3. The molecule has 0 saturated carbocycles. The molecule has 0 aromatic heterocycles. The normalized spacial score (nSPS) is 11.5. The van der Waals surface area contributed by atoms with E-state index < -0.39 is 0 Å². The zero-order chi connectivity index (χ0) is 26.8. The first-order chi connectivity index (χ1) is 16.5. The van der Waals surface area contributed by atoms with Crippen LogP contribution < -0.4 is 5.32 Å². The molecule has 0 spiro atoms. The van der Waals surface area contributed by atoms with Crippen LogP contribution in [-0.2, 0) is 4.74 Å². The van der Waals surface area contributed by atoms with Crippen molar-refractivity contribution in [3.05, 3.63) is 109 Å². The van der Waals surface area contributed by atoms with Crippen LogP contribution in [0.1, 0.15) is 83.1 Å². The second kappa shape index (κ2) is 70.0. The Balaban J connectivity index is -0.0000000676. The summed E-state index contributed by atoms with van der Waals surface area (Å²) in [5, 5.41) is 7.01. The van der Waals surface area contributed by atoms with Gasteiger partial charge in [0.1, 0.15) is 0 Å². The fraction of sp³-hybridized carbons (Fsp3) is 0.400. The molecule has 192 valence electrons. The average Bonchev–Trinajstić information content (AvgIpc) is 3.54. The van der Waals surface area contributed by atoms with Crippen molar-refractivity contribution in [1.82, 2.24) is 5.32 Å². The van der Waals surface area contributed by atoms with Gasteiger partial charge in [-0.05, 0) is 35.1 Å². The molecule has 0 aromatic rings. The van der Waals surface area contributed by atoms with Crippen LogP contribution in [0.2, 0.25) is 0 Å². The van der Waals surface area contributed by atoms with E-state index in [9.17, 15) is 0 Å². The lowest BCUT2D eigenvalue weighted by Gasteiger charge is -1.79. The van der Waals surface area contributed by atoms with E-state index >= 15 is 0 Å². The predicted molar refractivity (Wildman–Crippen MR) is 162 cm³/mol. The van der Waals surface area contributed by atoms with Crippen LogP contribution in [-0.4, -0.2) is 0 Å². The van der Waals surface area contributed by atoms with Gasteiger partial charge < -0.3 is 10.1 Å². The lowest BCUT2D eigenvalue weighted by molar-refractivity contribution is 0.404. The molecule has 0 bridgehead atoms. The molecule has 0 fully saturated rings. The molecule has 3 heteroatoms. The topological polar surface area (TPSA) is 21.3 Å². The number of ether oxygens (including phenoxy) is 1. The van der Waals surface area contributed by atoms with Crippen LogP contribution >= 0.6 is 11.8 Å². The summed E-state index contributed by atoms with van der Waals surface area (Å²) in [4.78, 5) is 0. The summed E-state index contributed by atoms with van der Waals surface area (Å²) >= 11 is 1.69. The molecule has 2 nitrogen and oxygen atoms in total. The molecule has 0 saturated heterocycles. The van der Waals surface area contributed by atoms with Crippen molar-refractivity contribution < 1.29 is 4.74 Å². The molecule has 1 N–H and O–H groups in total. The minimum absolute atomic E-state index is 1.62. The summed E-state index contributed by atoms with van der Waals surface area (Å²) in [6.45, 7) is 24.0. The maximum Gasteiger partial charge on any atom is 0.0901 e. The van der Waals surface area contributed by atoms with E-state index in [0.29, 0.717) is 0 Å². The molecule has 0 aromatic carbocycles. The minimum Gasteiger partial charge on any atom is -0.473 e. The van der Waals surface area contributed by atoms with E-state index in [4.69, 9.17) is 4.74 Å². The van der Waals surface area contributed by atoms with Crippen molar-refractivity contribution in [1.29, 1.82) is 0 Å². The Bertz CT molecular complexity index is 401. The van der Waals surface area contributed by atoms with Gasteiger partial charge in [-0.2, -0.15) is 0 Å². The van der Waals surface area contributed by atoms with Gasteiger partial charge in [0.25, 0.3) is 0 Å². The highest BCUT2D eigenvalue weighted by Gasteiger charge is 1.71. The first kappa shape index (κ1) is 44.3. The van der Waals surface area contributed by atoms with E-state index in [1.54, 1.807) is 24.3 Å². The second-order valence-electron chi connectivity index (χ2n) is 3.63. The van der Waals surface area contributed by atoms with Crippen molar-refractivity contribution in [2.24, 2.45) is 0 Å². The molecule has 0 radical (unpaired) electrons. The van der Waals surface area contributed by atoms with Crippen molar-refractivity contribution in [3.63, 3.8) is 0 Å². The van der Waals surface area contributed by atoms with Crippen molar-refractivity contribution >= 4 is 11.8 Å². The molecule has 0 aliphatic carbocycles. The summed E-state index contributed by atoms with van der Waals surface area (Å²) < 4.78 is 4.77. The SMILES string of the molecule is C1=CC=CNC=C1.C1=CC=COC=C1.C1=CC=CSC=C1.CC.CC.CC.CC.CC.CC. The lowest BCUT2D eigenvalue weighted by atomic mass is 10.5. The van der Waals surface area contributed by atoms with Crippen LogP contribution in [0, 0.1) is 0 Å². The van der Waals surface area contributed by atoms with Gasteiger partial charge in [0.2, 0.25) is 0 Å². The van der Waals surface area contributed by atoms with E-state index in [0.717, 1.165) is 0 Å². The van der Waals surface area contributed by atoms with Crippen LogP contribution in [0.4, 0.5) is 0 Å². The third-order valence-corrected chi connectivity index (χ3v) is 2.64. The van der Waals surface area contributed by atoms with Crippen LogP contribution in [0.25, 0.3) is 0 Å². The quantitative estimate of drug-likeness (QED) is 0.375. The highest BCUT2D eigenvalue weighted by Crippen LogP contribution is 2.06. The van der Waals surface area contributed by atoms with Gasteiger partial charge in [-0.3, -0.25) is 0 Å². The van der Waals surface area contributed by atoms with E-state index in [1.807, 2.05) is 179 Å². The first-order valence-corrected chi connectivity index (χ1v) is 13.5. The zero-order valence-electron chi connectivity index (χ0n) is 23.7. The maximum absolute atomic E-state index is 4.77. The third-order valence-electron chi connectivity index (χ3n) is 2.01. The molecule has 3 heterocycles. The van der Waals surface area contributed by atoms with Crippen LogP contribution in [0.5, 0.6) is 0 Å². The smallest absolute Gasteiger partial charge is 0.0901 e. The Hall–Kier alpha value is -2.39. The van der Waals surface area contributed by atoms with Gasteiger partial charge in [0.15, 0.2) is 0 Å². The zero-order valence-corrected chi connectivity index (χ0v) is 24.5. The molecule has 0 atom stereocenters. The third kappa shape index (κ3) is 65.2. The fourth-order valence-corrected chi connectivity index (χ4v) is 1.57. The maximum atomic E-state index is 4.77.